The molecule has 0 spiro atoms. The van der Waals surface area contributed by atoms with Gasteiger partial charge in [-0.15, -0.1) is 0 Å². The summed E-state index contributed by atoms with van der Waals surface area (Å²) in [6, 6.07) is 15.9. The van der Waals surface area contributed by atoms with Crippen LogP contribution >= 0.6 is 0 Å². The molecule has 6 heteroatoms. The van der Waals surface area contributed by atoms with Crippen molar-refractivity contribution in [3.8, 4) is 5.69 Å². The number of hydrogen-bond acceptors (Lipinski definition) is 5. The van der Waals surface area contributed by atoms with Gasteiger partial charge in [0.15, 0.2) is 0 Å². The van der Waals surface area contributed by atoms with E-state index in [-0.39, 0.29) is 11.7 Å². The fourth-order valence-electron chi connectivity index (χ4n) is 3.68. The van der Waals surface area contributed by atoms with Crippen LogP contribution in [0.1, 0.15) is 29.3 Å². The molecule has 4 aromatic rings. The van der Waals surface area contributed by atoms with Crippen molar-refractivity contribution >= 4 is 16.7 Å². The van der Waals surface area contributed by atoms with Gasteiger partial charge in [-0.25, -0.2) is 4.68 Å². The lowest BCUT2D eigenvalue weighted by Gasteiger charge is -2.15. The lowest BCUT2D eigenvalue weighted by molar-refractivity contribution is -0.119. The van der Waals surface area contributed by atoms with Crippen LogP contribution in [0.4, 0.5) is 0 Å². The minimum Gasteiger partial charge on any atom is -0.384 e. The number of hydrogen-bond donors (Lipinski definition) is 0. The molecule has 152 valence electrons. The molecule has 0 bridgehead atoms. The normalized spacial score (nSPS) is 12.2. The number of pyridine rings is 2. The van der Waals surface area contributed by atoms with E-state index in [4.69, 9.17) is 4.74 Å². The minimum atomic E-state index is 0.0464. The van der Waals surface area contributed by atoms with Crippen LogP contribution in [0.3, 0.4) is 0 Å². The van der Waals surface area contributed by atoms with Gasteiger partial charge >= 0.3 is 0 Å². The Morgan fingerprint density at radius 3 is 2.70 bits per heavy atom. The van der Waals surface area contributed by atoms with E-state index in [1.54, 1.807) is 25.7 Å². The maximum Gasteiger partial charge on any atom is 0.139 e. The van der Waals surface area contributed by atoms with Crippen LogP contribution < -0.4 is 0 Å². The first kappa shape index (κ1) is 19.9. The zero-order valence-electron chi connectivity index (χ0n) is 17.2. The monoisotopic (exact) mass is 400 g/mol. The quantitative estimate of drug-likeness (QED) is 0.446. The first-order valence-corrected chi connectivity index (χ1v) is 9.95. The zero-order valence-corrected chi connectivity index (χ0v) is 17.2. The van der Waals surface area contributed by atoms with Crippen molar-refractivity contribution < 1.29 is 9.53 Å². The van der Waals surface area contributed by atoms with E-state index in [1.807, 2.05) is 60.1 Å². The number of carbonyl (C=O) groups excluding carboxylic acids is 1. The molecular weight excluding hydrogens is 376 g/mol. The van der Waals surface area contributed by atoms with Gasteiger partial charge in [-0.1, -0.05) is 30.3 Å². The summed E-state index contributed by atoms with van der Waals surface area (Å²) < 4.78 is 7.18. The Kier molecular flexibility index (Phi) is 5.95. The zero-order chi connectivity index (χ0) is 20.9. The molecule has 3 aromatic heterocycles. The van der Waals surface area contributed by atoms with Crippen LogP contribution in [0.2, 0.25) is 0 Å². The van der Waals surface area contributed by atoms with E-state index < -0.39 is 0 Å². The lowest BCUT2D eigenvalue weighted by atomic mass is 9.93. The van der Waals surface area contributed by atoms with Crippen molar-refractivity contribution in [2.24, 2.45) is 0 Å². The van der Waals surface area contributed by atoms with Gasteiger partial charge in [0.1, 0.15) is 5.78 Å². The van der Waals surface area contributed by atoms with Gasteiger partial charge in [0.05, 0.1) is 30.2 Å². The molecule has 0 fully saturated rings. The third kappa shape index (κ3) is 4.44. The number of aryl methyl sites for hydroxylation is 1. The number of ether oxygens (including phenoxy) is 1. The van der Waals surface area contributed by atoms with Crippen molar-refractivity contribution in [1.29, 1.82) is 0 Å². The van der Waals surface area contributed by atoms with Crippen molar-refractivity contribution in [3.05, 3.63) is 84.1 Å². The number of methoxy groups -OCH3 is 1. The standard InChI is InChI=1S/C24H24N4O2/c1-17-10-22(8-9-25-17)28-24-15-26-21(11-19(24)14-27-28)13-23(29)12-20(16-30-2)18-6-4-3-5-7-18/h3-11,14-15,20H,12-13,16H2,1-2H3/t20-/m1/s1. The highest BCUT2D eigenvalue weighted by molar-refractivity contribution is 5.84. The average molecular weight is 400 g/mol. The molecular formula is C24H24N4O2. The van der Waals surface area contributed by atoms with Gasteiger partial charge in [-0.05, 0) is 30.7 Å². The Hall–Kier alpha value is -3.38. The fraction of sp³-hybridized carbons (Fsp3) is 0.250. The van der Waals surface area contributed by atoms with E-state index in [2.05, 4.69) is 15.1 Å². The van der Waals surface area contributed by atoms with Gasteiger partial charge in [-0.2, -0.15) is 5.10 Å². The maximum absolute atomic E-state index is 12.7. The molecule has 0 amide bonds. The lowest BCUT2D eigenvalue weighted by Crippen LogP contribution is -2.14. The van der Waals surface area contributed by atoms with Crippen molar-refractivity contribution in [3.63, 3.8) is 0 Å². The summed E-state index contributed by atoms with van der Waals surface area (Å²) in [5, 5.41) is 5.44. The number of ketones is 1. The third-order valence-corrected chi connectivity index (χ3v) is 5.13. The van der Waals surface area contributed by atoms with E-state index in [0.29, 0.717) is 19.4 Å². The molecule has 4 rings (SSSR count). The Bertz CT molecular complexity index is 1150. The first-order valence-electron chi connectivity index (χ1n) is 9.95. The molecule has 0 aliphatic heterocycles. The molecule has 0 saturated carbocycles. The van der Waals surface area contributed by atoms with Gasteiger partial charge in [-0.3, -0.25) is 14.8 Å². The highest BCUT2D eigenvalue weighted by Gasteiger charge is 2.17. The molecule has 0 unspecified atom stereocenters. The SMILES string of the molecule is COC[C@@H](CC(=O)Cc1cc2cnn(-c3ccnc(C)c3)c2cn1)c1ccccc1. The Morgan fingerprint density at radius 2 is 1.93 bits per heavy atom. The number of carbonyl (C=O) groups is 1. The highest BCUT2D eigenvalue weighted by Crippen LogP contribution is 2.22. The van der Waals surface area contributed by atoms with Crippen LogP contribution in [0.15, 0.2) is 67.1 Å². The predicted molar refractivity (Wildman–Crippen MR) is 116 cm³/mol. The summed E-state index contributed by atoms with van der Waals surface area (Å²) in [6.07, 6.45) is 6.07. The predicted octanol–water partition coefficient (Wildman–Crippen LogP) is 4.06. The summed E-state index contributed by atoms with van der Waals surface area (Å²) in [6.45, 7) is 2.46. The number of Topliss-reactive ketones (excluding diaryl/α,β-unsaturated/α-hetero) is 1. The molecule has 6 nitrogen and oxygen atoms in total. The molecule has 0 aliphatic carbocycles. The Morgan fingerprint density at radius 1 is 1.10 bits per heavy atom. The molecule has 0 N–H and O–H groups in total. The molecule has 0 radical (unpaired) electrons. The van der Waals surface area contributed by atoms with Crippen LogP contribution in [0, 0.1) is 6.92 Å². The van der Waals surface area contributed by atoms with E-state index in [0.717, 1.165) is 33.5 Å². The Labute approximate surface area is 175 Å². The summed E-state index contributed by atoms with van der Waals surface area (Å²) in [7, 11) is 1.66. The second-order valence-corrected chi connectivity index (χ2v) is 7.43. The maximum atomic E-state index is 12.7. The van der Waals surface area contributed by atoms with E-state index in [9.17, 15) is 4.79 Å². The summed E-state index contributed by atoms with van der Waals surface area (Å²) in [4.78, 5) is 21.5. The van der Waals surface area contributed by atoms with Crippen molar-refractivity contribution in [2.75, 3.05) is 13.7 Å². The van der Waals surface area contributed by atoms with Gasteiger partial charge in [0.25, 0.3) is 0 Å². The number of aromatic nitrogens is 4. The van der Waals surface area contributed by atoms with Crippen LogP contribution in [-0.2, 0) is 16.0 Å². The van der Waals surface area contributed by atoms with Gasteiger partial charge < -0.3 is 4.74 Å². The van der Waals surface area contributed by atoms with E-state index in [1.165, 1.54) is 0 Å². The smallest absolute Gasteiger partial charge is 0.139 e. The van der Waals surface area contributed by atoms with Crippen LogP contribution in [0.25, 0.3) is 16.6 Å². The Balaban J connectivity index is 1.50. The number of benzene rings is 1. The van der Waals surface area contributed by atoms with Crippen molar-refractivity contribution in [1.82, 2.24) is 19.7 Å². The van der Waals surface area contributed by atoms with Gasteiger partial charge in [0, 0.05) is 48.8 Å². The average Bonchev–Trinajstić information content (AvgIpc) is 3.17. The molecule has 30 heavy (non-hydrogen) atoms. The van der Waals surface area contributed by atoms with Crippen molar-refractivity contribution in [2.45, 2.75) is 25.7 Å². The third-order valence-electron chi connectivity index (χ3n) is 5.13. The first-order chi connectivity index (χ1) is 14.6. The van der Waals surface area contributed by atoms with Crippen LogP contribution in [-0.4, -0.2) is 39.2 Å². The summed E-state index contributed by atoms with van der Waals surface area (Å²) in [5.74, 6) is 0.190. The second kappa shape index (κ2) is 8.97. The minimum absolute atomic E-state index is 0.0464. The number of nitrogens with zero attached hydrogens (tertiary/aromatic N) is 4. The summed E-state index contributed by atoms with van der Waals surface area (Å²) >= 11 is 0. The van der Waals surface area contributed by atoms with Gasteiger partial charge in [0.2, 0.25) is 0 Å². The molecule has 1 aromatic carbocycles. The van der Waals surface area contributed by atoms with Crippen LogP contribution in [0.5, 0.6) is 0 Å². The number of rotatable bonds is 8. The molecule has 3 heterocycles. The summed E-state index contributed by atoms with van der Waals surface area (Å²) in [5.41, 5.74) is 4.63. The van der Waals surface area contributed by atoms with E-state index >= 15 is 0 Å². The molecule has 0 saturated heterocycles. The highest BCUT2D eigenvalue weighted by atomic mass is 16.5. The topological polar surface area (TPSA) is 69.9 Å². The largest absolute Gasteiger partial charge is 0.384 e. The fourth-order valence-corrected chi connectivity index (χ4v) is 3.68. The second-order valence-electron chi connectivity index (χ2n) is 7.43. The molecule has 0 aliphatic rings. The number of fused-ring (bicyclic) bond motifs is 1. The molecule has 1 atom stereocenters.